The summed E-state index contributed by atoms with van der Waals surface area (Å²) in [5.41, 5.74) is 0.285. The monoisotopic (exact) mass is 275 g/mol. The van der Waals surface area contributed by atoms with E-state index in [1.807, 2.05) is 0 Å². The lowest BCUT2D eigenvalue weighted by Crippen LogP contribution is -2.13. The smallest absolute Gasteiger partial charge is 0.263 e. The molecule has 0 radical (unpaired) electrons. The first-order valence-corrected chi connectivity index (χ1v) is 6.93. The molecular weight excluding hydrogens is 266 g/mol. The van der Waals surface area contributed by atoms with E-state index in [1.54, 1.807) is 36.5 Å². The lowest BCUT2D eigenvalue weighted by atomic mass is 10.3. The average molecular weight is 275 g/mol. The maximum atomic E-state index is 12.1. The van der Waals surface area contributed by atoms with Crippen molar-refractivity contribution < 1.29 is 12.9 Å². The van der Waals surface area contributed by atoms with Crippen LogP contribution in [0.1, 0.15) is 0 Å². The Kier molecular flexibility index (Phi) is 2.68. The Hall–Kier alpha value is -2.41. The maximum absolute atomic E-state index is 12.1. The molecule has 7 heteroatoms. The molecule has 0 aliphatic heterocycles. The molecule has 2 heterocycles. The number of fused-ring (bicyclic) bond motifs is 1. The van der Waals surface area contributed by atoms with Crippen molar-refractivity contribution in [1.82, 2.24) is 10.1 Å². The van der Waals surface area contributed by atoms with Crippen molar-refractivity contribution >= 4 is 26.9 Å². The van der Waals surface area contributed by atoms with Gasteiger partial charge in [-0.25, -0.2) is 13.4 Å². The van der Waals surface area contributed by atoms with Crippen molar-refractivity contribution in [3.63, 3.8) is 0 Å². The highest BCUT2D eigenvalue weighted by atomic mass is 32.2. The fourth-order valence-corrected chi connectivity index (χ4v) is 2.68. The van der Waals surface area contributed by atoms with Crippen molar-refractivity contribution in [3.05, 3.63) is 48.7 Å². The van der Waals surface area contributed by atoms with E-state index in [9.17, 15) is 8.42 Å². The second-order valence-corrected chi connectivity index (χ2v) is 5.49. The Labute approximate surface area is 109 Å². The maximum Gasteiger partial charge on any atom is 0.263 e. The first-order valence-electron chi connectivity index (χ1n) is 5.45. The minimum Gasteiger partial charge on any atom is -0.334 e. The summed E-state index contributed by atoms with van der Waals surface area (Å²) in [6.07, 6.45) is 1.54. The number of nitrogens with one attached hydrogen (secondary N) is 1. The van der Waals surface area contributed by atoms with Crippen LogP contribution in [-0.2, 0) is 10.0 Å². The lowest BCUT2D eigenvalue weighted by Gasteiger charge is -2.04. The average Bonchev–Trinajstić information content (AvgIpc) is 2.83. The highest BCUT2D eigenvalue weighted by Crippen LogP contribution is 2.23. The van der Waals surface area contributed by atoms with Crippen LogP contribution in [0, 0.1) is 0 Å². The summed E-state index contributed by atoms with van der Waals surface area (Å²) >= 11 is 0. The number of aromatic nitrogens is 2. The van der Waals surface area contributed by atoms with Gasteiger partial charge in [-0.05, 0) is 24.3 Å². The molecule has 6 nitrogen and oxygen atoms in total. The number of hydrogen-bond acceptors (Lipinski definition) is 5. The molecule has 1 N–H and O–H groups in total. The van der Waals surface area contributed by atoms with Crippen LogP contribution in [0.15, 0.2) is 58.1 Å². The number of anilines is 1. The molecule has 96 valence electrons. The zero-order chi connectivity index (χ0) is 13.3. The van der Waals surface area contributed by atoms with Gasteiger partial charge in [0.15, 0.2) is 5.82 Å². The normalized spacial score (nSPS) is 11.6. The minimum absolute atomic E-state index is 0.131. The minimum atomic E-state index is -3.67. The number of benzene rings is 1. The summed E-state index contributed by atoms with van der Waals surface area (Å²) in [5.74, 6) is 0.131. The zero-order valence-electron chi connectivity index (χ0n) is 9.65. The van der Waals surface area contributed by atoms with Crippen LogP contribution in [0.3, 0.4) is 0 Å². The molecule has 3 aromatic rings. The molecule has 0 unspecified atom stereocenters. The van der Waals surface area contributed by atoms with Gasteiger partial charge in [0.05, 0.1) is 10.3 Å². The summed E-state index contributed by atoms with van der Waals surface area (Å²) in [7, 11) is -3.67. The number of sulfonamides is 1. The van der Waals surface area contributed by atoms with Crippen molar-refractivity contribution in [2.24, 2.45) is 0 Å². The molecule has 0 saturated carbocycles. The molecule has 0 saturated heterocycles. The van der Waals surface area contributed by atoms with Crippen molar-refractivity contribution in [2.45, 2.75) is 4.90 Å². The molecule has 0 fully saturated rings. The Morgan fingerprint density at radius 2 is 1.84 bits per heavy atom. The Bertz CT molecular complexity index is 812. The third kappa shape index (κ3) is 2.15. The molecular formula is C12H9N3O3S. The van der Waals surface area contributed by atoms with Crippen LogP contribution >= 0.6 is 0 Å². The number of hydrogen-bond donors (Lipinski definition) is 1. The van der Waals surface area contributed by atoms with Gasteiger partial charge in [0.25, 0.3) is 15.7 Å². The summed E-state index contributed by atoms with van der Waals surface area (Å²) in [4.78, 5) is 4.10. The Morgan fingerprint density at radius 1 is 1.05 bits per heavy atom. The Morgan fingerprint density at radius 3 is 2.63 bits per heavy atom. The van der Waals surface area contributed by atoms with Crippen molar-refractivity contribution in [3.8, 4) is 0 Å². The largest absolute Gasteiger partial charge is 0.334 e. The van der Waals surface area contributed by atoms with Gasteiger partial charge in [-0.2, -0.15) is 0 Å². The molecule has 0 aliphatic rings. The number of rotatable bonds is 3. The van der Waals surface area contributed by atoms with Gasteiger partial charge in [0.1, 0.15) is 0 Å². The van der Waals surface area contributed by atoms with Gasteiger partial charge in [-0.1, -0.05) is 23.4 Å². The van der Waals surface area contributed by atoms with Gasteiger partial charge in [0.2, 0.25) is 0 Å². The first-order chi connectivity index (χ1) is 9.17. The third-order valence-corrected chi connectivity index (χ3v) is 3.89. The summed E-state index contributed by atoms with van der Waals surface area (Å²) < 4.78 is 31.6. The van der Waals surface area contributed by atoms with Crippen LogP contribution in [0.25, 0.3) is 11.1 Å². The second kappa shape index (κ2) is 4.36. The van der Waals surface area contributed by atoms with Crippen molar-refractivity contribution in [1.29, 1.82) is 0 Å². The van der Waals surface area contributed by atoms with E-state index in [0.717, 1.165) is 0 Å². The van der Waals surface area contributed by atoms with Crippen LogP contribution in [0.2, 0.25) is 0 Å². The van der Waals surface area contributed by atoms with Crippen LogP contribution in [0.5, 0.6) is 0 Å². The van der Waals surface area contributed by atoms with E-state index in [1.165, 1.54) is 12.1 Å². The predicted molar refractivity (Wildman–Crippen MR) is 69.1 cm³/mol. The van der Waals surface area contributed by atoms with Gasteiger partial charge >= 0.3 is 0 Å². The van der Waals surface area contributed by atoms with E-state index in [0.29, 0.717) is 5.39 Å². The summed E-state index contributed by atoms with van der Waals surface area (Å²) in [6.45, 7) is 0. The van der Waals surface area contributed by atoms with Crippen molar-refractivity contribution in [2.75, 3.05) is 4.72 Å². The van der Waals surface area contributed by atoms with E-state index in [-0.39, 0.29) is 16.4 Å². The third-order valence-electron chi connectivity index (χ3n) is 2.53. The van der Waals surface area contributed by atoms with Crippen LogP contribution in [-0.4, -0.2) is 18.6 Å². The lowest BCUT2D eigenvalue weighted by molar-refractivity contribution is 0.452. The molecule has 2 aromatic heterocycles. The first kappa shape index (κ1) is 11.7. The molecule has 0 bridgehead atoms. The van der Waals surface area contributed by atoms with E-state index < -0.39 is 10.0 Å². The number of nitrogens with zero attached hydrogens (tertiary/aromatic N) is 2. The zero-order valence-corrected chi connectivity index (χ0v) is 10.5. The molecule has 19 heavy (non-hydrogen) atoms. The predicted octanol–water partition coefficient (Wildman–Crippen LogP) is 2.02. The molecule has 0 aliphatic carbocycles. The second-order valence-electron chi connectivity index (χ2n) is 3.81. The topological polar surface area (TPSA) is 85.1 Å². The van der Waals surface area contributed by atoms with E-state index >= 15 is 0 Å². The fraction of sp³-hybridized carbons (Fsp3) is 0. The molecule has 1 aromatic carbocycles. The molecule has 0 spiro atoms. The van der Waals surface area contributed by atoms with Crippen LogP contribution < -0.4 is 4.72 Å². The highest BCUT2D eigenvalue weighted by molar-refractivity contribution is 7.92. The van der Waals surface area contributed by atoms with Gasteiger partial charge < -0.3 is 4.52 Å². The quantitative estimate of drug-likeness (QED) is 0.790. The van der Waals surface area contributed by atoms with Gasteiger partial charge in [-0.3, -0.25) is 4.72 Å². The van der Waals surface area contributed by atoms with Gasteiger partial charge in [-0.15, -0.1) is 0 Å². The SMILES string of the molecule is O=S(=O)(Nc1noc2ncccc12)c1ccccc1. The fourth-order valence-electron chi connectivity index (χ4n) is 1.64. The molecule has 0 amide bonds. The summed E-state index contributed by atoms with van der Waals surface area (Å²) in [6, 6.07) is 11.4. The van der Waals surface area contributed by atoms with E-state index in [2.05, 4.69) is 14.9 Å². The standard InChI is InChI=1S/C12H9N3O3S/c16-19(17,9-5-2-1-3-6-9)15-11-10-7-4-8-13-12(10)18-14-11/h1-8H,(H,14,15). The van der Waals surface area contributed by atoms with Crippen LogP contribution in [0.4, 0.5) is 5.82 Å². The molecule has 3 rings (SSSR count). The molecule has 0 atom stereocenters. The Balaban J connectivity index is 2.02. The van der Waals surface area contributed by atoms with Gasteiger partial charge in [0, 0.05) is 6.20 Å². The van der Waals surface area contributed by atoms with E-state index in [4.69, 9.17) is 4.52 Å². The summed E-state index contributed by atoms with van der Waals surface area (Å²) in [5, 5.41) is 4.19. The number of pyridine rings is 1. The highest BCUT2D eigenvalue weighted by Gasteiger charge is 2.18.